The van der Waals surface area contributed by atoms with Crippen molar-refractivity contribution < 1.29 is 14.4 Å². The summed E-state index contributed by atoms with van der Waals surface area (Å²) in [6.07, 6.45) is 2.80. The second-order valence-electron chi connectivity index (χ2n) is 8.48. The van der Waals surface area contributed by atoms with Crippen molar-refractivity contribution in [2.75, 3.05) is 6.54 Å². The standard InChI is InChI=1S/C19H37N3O3/c1-7-19(5,6)17(25)14(21)12-15(23)22-11-9-8-10-13(20)16(24)18(2,3)4/h13-14H,7-12,20-21H2,1-6H3,(H,22,23). The third-order valence-electron chi connectivity index (χ3n) is 4.63. The summed E-state index contributed by atoms with van der Waals surface area (Å²) in [6, 6.07) is -1.23. The van der Waals surface area contributed by atoms with Crippen LogP contribution in [0.2, 0.25) is 0 Å². The molecule has 0 fully saturated rings. The van der Waals surface area contributed by atoms with E-state index in [1.54, 1.807) is 0 Å². The van der Waals surface area contributed by atoms with E-state index in [0.717, 1.165) is 12.8 Å². The number of amides is 1. The average molecular weight is 356 g/mol. The molecule has 0 aliphatic rings. The van der Waals surface area contributed by atoms with Gasteiger partial charge in [-0.3, -0.25) is 14.4 Å². The molecule has 0 aromatic rings. The Morgan fingerprint density at radius 2 is 1.48 bits per heavy atom. The van der Waals surface area contributed by atoms with Crippen LogP contribution < -0.4 is 16.8 Å². The van der Waals surface area contributed by atoms with Gasteiger partial charge in [0.2, 0.25) is 5.91 Å². The van der Waals surface area contributed by atoms with Crippen LogP contribution >= 0.6 is 0 Å². The largest absolute Gasteiger partial charge is 0.356 e. The molecular weight excluding hydrogens is 318 g/mol. The summed E-state index contributed by atoms with van der Waals surface area (Å²) in [4.78, 5) is 36.1. The molecule has 6 heteroatoms. The van der Waals surface area contributed by atoms with E-state index in [2.05, 4.69) is 5.32 Å². The summed E-state index contributed by atoms with van der Waals surface area (Å²) in [7, 11) is 0. The van der Waals surface area contributed by atoms with E-state index < -0.39 is 22.9 Å². The maximum Gasteiger partial charge on any atom is 0.222 e. The zero-order valence-corrected chi connectivity index (χ0v) is 16.8. The van der Waals surface area contributed by atoms with Crippen molar-refractivity contribution in [2.45, 2.75) is 85.7 Å². The lowest BCUT2D eigenvalue weighted by Crippen LogP contribution is -2.43. The molecule has 6 nitrogen and oxygen atoms in total. The Hall–Kier alpha value is -1.27. The van der Waals surface area contributed by atoms with E-state index >= 15 is 0 Å². The molecule has 0 saturated heterocycles. The zero-order valence-electron chi connectivity index (χ0n) is 16.8. The second-order valence-corrected chi connectivity index (χ2v) is 8.48. The second kappa shape index (κ2) is 10.0. The van der Waals surface area contributed by atoms with Gasteiger partial charge in [-0.1, -0.05) is 41.5 Å². The van der Waals surface area contributed by atoms with E-state index in [4.69, 9.17) is 11.5 Å². The number of nitrogens with two attached hydrogens (primary N) is 2. The lowest BCUT2D eigenvalue weighted by Gasteiger charge is -2.24. The van der Waals surface area contributed by atoms with Gasteiger partial charge in [0.1, 0.15) is 0 Å². The fourth-order valence-electron chi connectivity index (χ4n) is 2.45. The Morgan fingerprint density at radius 1 is 0.920 bits per heavy atom. The molecule has 0 bridgehead atoms. The number of rotatable bonds is 11. The van der Waals surface area contributed by atoms with Gasteiger partial charge < -0.3 is 16.8 Å². The van der Waals surface area contributed by atoms with E-state index in [-0.39, 0.29) is 23.9 Å². The van der Waals surface area contributed by atoms with Gasteiger partial charge in [-0.05, 0) is 25.7 Å². The smallest absolute Gasteiger partial charge is 0.222 e. The first kappa shape index (κ1) is 23.7. The van der Waals surface area contributed by atoms with Crippen LogP contribution in [0.3, 0.4) is 0 Å². The highest BCUT2D eigenvalue weighted by Crippen LogP contribution is 2.23. The molecule has 146 valence electrons. The van der Waals surface area contributed by atoms with E-state index in [0.29, 0.717) is 19.4 Å². The van der Waals surface area contributed by atoms with Gasteiger partial charge in [0.15, 0.2) is 11.6 Å². The molecule has 0 aliphatic heterocycles. The Labute approximate surface area is 152 Å². The van der Waals surface area contributed by atoms with E-state index in [1.165, 1.54) is 0 Å². The summed E-state index contributed by atoms with van der Waals surface area (Å²) in [5.41, 5.74) is 10.8. The molecule has 0 aliphatic carbocycles. The third-order valence-corrected chi connectivity index (χ3v) is 4.63. The van der Waals surface area contributed by atoms with Crippen LogP contribution in [0, 0.1) is 10.8 Å². The molecule has 0 aromatic heterocycles. The van der Waals surface area contributed by atoms with Crippen molar-refractivity contribution in [3.05, 3.63) is 0 Å². The summed E-state index contributed by atoms with van der Waals surface area (Å²) < 4.78 is 0. The third kappa shape index (κ3) is 8.59. The van der Waals surface area contributed by atoms with Crippen molar-refractivity contribution in [1.82, 2.24) is 5.32 Å². The lowest BCUT2D eigenvalue weighted by atomic mass is 9.81. The van der Waals surface area contributed by atoms with E-state index in [9.17, 15) is 14.4 Å². The number of carbonyl (C=O) groups excluding carboxylic acids is 3. The van der Waals surface area contributed by atoms with Gasteiger partial charge in [0.05, 0.1) is 12.1 Å². The number of hydrogen-bond acceptors (Lipinski definition) is 5. The van der Waals surface area contributed by atoms with Crippen molar-refractivity contribution in [3.63, 3.8) is 0 Å². The van der Waals surface area contributed by atoms with Crippen LogP contribution in [0.1, 0.15) is 73.6 Å². The highest BCUT2D eigenvalue weighted by molar-refractivity contribution is 5.93. The maximum absolute atomic E-state index is 12.2. The number of unbranched alkanes of at least 4 members (excludes halogenated alkanes) is 1. The van der Waals surface area contributed by atoms with Gasteiger partial charge in [-0.15, -0.1) is 0 Å². The summed E-state index contributed by atoms with van der Waals surface area (Å²) >= 11 is 0. The quantitative estimate of drug-likeness (QED) is 0.490. The molecule has 25 heavy (non-hydrogen) atoms. The highest BCUT2D eigenvalue weighted by atomic mass is 16.2. The first-order valence-corrected chi connectivity index (χ1v) is 9.19. The molecule has 0 aromatic carbocycles. The van der Waals surface area contributed by atoms with Crippen LogP contribution in [0.4, 0.5) is 0 Å². The minimum atomic E-state index is -0.771. The van der Waals surface area contributed by atoms with Gasteiger partial charge in [0, 0.05) is 23.8 Å². The van der Waals surface area contributed by atoms with Crippen LogP contribution in [0.25, 0.3) is 0 Å². The predicted octanol–water partition coefficient (Wildman–Crippen LogP) is 1.94. The van der Waals surface area contributed by atoms with Gasteiger partial charge >= 0.3 is 0 Å². The van der Waals surface area contributed by atoms with Crippen molar-refractivity contribution in [3.8, 4) is 0 Å². The number of Topliss-reactive ketones (excluding diaryl/α,β-unsaturated/α-hetero) is 2. The van der Waals surface area contributed by atoms with Gasteiger partial charge in [-0.2, -0.15) is 0 Å². The molecule has 2 atom stereocenters. The summed E-state index contributed by atoms with van der Waals surface area (Å²) in [5, 5.41) is 2.77. The minimum Gasteiger partial charge on any atom is -0.356 e. The van der Waals surface area contributed by atoms with Gasteiger partial charge in [-0.25, -0.2) is 0 Å². The lowest BCUT2D eigenvalue weighted by molar-refractivity contribution is -0.131. The first-order chi connectivity index (χ1) is 11.3. The number of carbonyl (C=O) groups is 3. The average Bonchev–Trinajstić information content (AvgIpc) is 2.51. The Kier molecular flexibility index (Phi) is 9.51. The first-order valence-electron chi connectivity index (χ1n) is 9.19. The van der Waals surface area contributed by atoms with Crippen LogP contribution in [-0.4, -0.2) is 36.1 Å². The molecule has 0 saturated carbocycles. The molecule has 2 unspecified atom stereocenters. The molecule has 0 heterocycles. The van der Waals surface area contributed by atoms with Crippen LogP contribution in [0.15, 0.2) is 0 Å². The fourth-order valence-corrected chi connectivity index (χ4v) is 2.45. The molecule has 0 radical (unpaired) electrons. The molecule has 5 N–H and O–H groups in total. The monoisotopic (exact) mass is 355 g/mol. The summed E-state index contributed by atoms with van der Waals surface area (Å²) in [5.74, 6) is -0.251. The summed E-state index contributed by atoms with van der Waals surface area (Å²) in [6.45, 7) is 11.7. The van der Waals surface area contributed by atoms with Crippen molar-refractivity contribution >= 4 is 17.5 Å². The molecule has 0 spiro atoms. The number of hydrogen-bond donors (Lipinski definition) is 3. The Balaban J connectivity index is 4.06. The normalized spacial score (nSPS) is 14.7. The number of nitrogens with one attached hydrogen (secondary N) is 1. The van der Waals surface area contributed by atoms with Crippen molar-refractivity contribution in [1.29, 1.82) is 0 Å². The van der Waals surface area contributed by atoms with E-state index in [1.807, 2.05) is 41.5 Å². The SMILES string of the molecule is CCC(C)(C)C(=O)C(N)CC(=O)NCCCCC(N)C(=O)C(C)(C)C. The zero-order chi connectivity index (χ0) is 19.8. The highest BCUT2D eigenvalue weighted by Gasteiger charge is 2.31. The van der Waals surface area contributed by atoms with Crippen LogP contribution in [-0.2, 0) is 14.4 Å². The topological polar surface area (TPSA) is 115 Å². The molecule has 0 rings (SSSR count). The minimum absolute atomic E-state index is 0.00425. The molecular formula is C19H37N3O3. The van der Waals surface area contributed by atoms with Crippen molar-refractivity contribution in [2.24, 2.45) is 22.3 Å². The predicted molar refractivity (Wildman–Crippen MR) is 101 cm³/mol. The van der Waals surface area contributed by atoms with Crippen LogP contribution in [0.5, 0.6) is 0 Å². The Morgan fingerprint density at radius 3 is 1.96 bits per heavy atom. The number of ketones is 2. The Bertz CT molecular complexity index is 467. The van der Waals surface area contributed by atoms with Gasteiger partial charge in [0.25, 0.3) is 0 Å². The maximum atomic E-state index is 12.2. The molecule has 1 amide bonds. The fraction of sp³-hybridized carbons (Fsp3) is 0.842.